The lowest BCUT2D eigenvalue weighted by atomic mass is 10.2. The molecule has 0 aromatic heterocycles. The van der Waals surface area contributed by atoms with Crippen LogP contribution in [0.2, 0.25) is 5.02 Å². The fourth-order valence-corrected chi connectivity index (χ4v) is 0.953. The van der Waals surface area contributed by atoms with E-state index in [1.165, 1.54) is 6.07 Å². The molecule has 0 saturated heterocycles. The number of amides is 1. The minimum atomic E-state index is -0.612. The highest BCUT2D eigenvalue weighted by Crippen LogP contribution is 2.16. The Morgan fingerprint density at radius 1 is 1.58 bits per heavy atom. The van der Waals surface area contributed by atoms with Crippen molar-refractivity contribution in [3.05, 3.63) is 34.6 Å². The Kier molecular flexibility index (Phi) is 2.62. The molecule has 0 heterocycles. The molecule has 1 amide bonds. The van der Waals surface area contributed by atoms with Crippen molar-refractivity contribution in [1.82, 2.24) is 5.43 Å². The molecular weight excluding hydrogens is 183 g/mol. The third kappa shape index (κ3) is 1.72. The molecule has 0 aliphatic carbocycles. The van der Waals surface area contributed by atoms with Crippen LogP contribution in [0.3, 0.4) is 0 Å². The number of halogens is 2. The lowest BCUT2D eigenvalue weighted by molar-refractivity contribution is 0.0953. The van der Waals surface area contributed by atoms with Crippen LogP contribution in [0, 0.1) is 5.82 Å². The maximum atomic E-state index is 12.6. The smallest absolute Gasteiger partial charge is 0.266 e. The molecule has 3 nitrogen and oxygen atoms in total. The number of carbonyl (C=O) groups is 1. The van der Waals surface area contributed by atoms with Crippen molar-refractivity contribution in [2.75, 3.05) is 0 Å². The van der Waals surface area contributed by atoms with Crippen LogP contribution in [0.25, 0.3) is 0 Å². The second kappa shape index (κ2) is 3.51. The summed E-state index contributed by atoms with van der Waals surface area (Å²) in [4.78, 5) is 10.9. The highest BCUT2D eigenvalue weighted by atomic mass is 35.5. The third-order valence-corrected chi connectivity index (χ3v) is 1.63. The highest BCUT2D eigenvalue weighted by Gasteiger charge is 2.08. The van der Waals surface area contributed by atoms with E-state index in [0.29, 0.717) is 0 Å². The molecule has 0 unspecified atom stereocenters. The largest absolute Gasteiger partial charge is 0.290 e. The zero-order valence-corrected chi connectivity index (χ0v) is 6.73. The summed E-state index contributed by atoms with van der Waals surface area (Å²) in [5.74, 6) is 3.70. The maximum absolute atomic E-state index is 12.6. The molecule has 0 fully saturated rings. The predicted molar refractivity (Wildman–Crippen MR) is 43.1 cm³/mol. The van der Waals surface area contributed by atoms with Gasteiger partial charge in [-0.25, -0.2) is 10.2 Å². The highest BCUT2D eigenvalue weighted by molar-refractivity contribution is 6.33. The normalized spacial score (nSPS) is 9.58. The Bertz CT molecular complexity index is 316. The molecule has 0 bridgehead atoms. The molecule has 1 aromatic carbocycles. The van der Waals surface area contributed by atoms with Gasteiger partial charge < -0.3 is 0 Å². The van der Waals surface area contributed by atoms with Gasteiger partial charge in [-0.2, -0.15) is 0 Å². The Morgan fingerprint density at radius 3 is 2.83 bits per heavy atom. The van der Waals surface area contributed by atoms with E-state index in [4.69, 9.17) is 17.4 Å². The SMILES string of the molecule is NNC(=O)c1cc(F)ccc1Cl. The number of nitrogens with two attached hydrogens (primary N) is 1. The van der Waals surface area contributed by atoms with E-state index in [2.05, 4.69) is 0 Å². The standard InChI is InChI=1S/C7H6ClFN2O/c8-6-2-1-4(9)3-5(6)7(12)11-10/h1-3H,10H2,(H,11,12). The number of carbonyl (C=O) groups excluding carboxylic acids is 1. The van der Waals surface area contributed by atoms with Gasteiger partial charge in [0.15, 0.2) is 0 Å². The summed E-state index contributed by atoms with van der Waals surface area (Å²) in [7, 11) is 0. The quantitative estimate of drug-likeness (QED) is 0.394. The van der Waals surface area contributed by atoms with E-state index in [9.17, 15) is 9.18 Å². The van der Waals surface area contributed by atoms with Crippen molar-refractivity contribution in [2.45, 2.75) is 0 Å². The van der Waals surface area contributed by atoms with Crippen LogP contribution < -0.4 is 11.3 Å². The molecule has 0 radical (unpaired) electrons. The van der Waals surface area contributed by atoms with E-state index in [1.807, 2.05) is 5.43 Å². The molecule has 3 N–H and O–H groups in total. The number of hydrogen-bond acceptors (Lipinski definition) is 2. The first-order valence-electron chi connectivity index (χ1n) is 3.11. The van der Waals surface area contributed by atoms with Gasteiger partial charge in [-0.05, 0) is 18.2 Å². The van der Waals surface area contributed by atoms with Crippen molar-refractivity contribution in [1.29, 1.82) is 0 Å². The number of hydrogen-bond donors (Lipinski definition) is 2. The Morgan fingerprint density at radius 2 is 2.25 bits per heavy atom. The zero-order chi connectivity index (χ0) is 9.14. The van der Waals surface area contributed by atoms with Crippen LogP contribution in [0.4, 0.5) is 4.39 Å². The van der Waals surface area contributed by atoms with E-state index in [-0.39, 0.29) is 10.6 Å². The minimum absolute atomic E-state index is 0.0270. The van der Waals surface area contributed by atoms with E-state index >= 15 is 0 Å². The fourth-order valence-electron chi connectivity index (χ4n) is 0.749. The number of nitrogen functional groups attached to an aromatic ring is 1. The van der Waals surface area contributed by atoms with Gasteiger partial charge in [-0.15, -0.1) is 0 Å². The molecule has 0 aliphatic heterocycles. The van der Waals surface area contributed by atoms with Crippen LogP contribution in [0.1, 0.15) is 10.4 Å². The van der Waals surface area contributed by atoms with Gasteiger partial charge in [0.2, 0.25) is 0 Å². The lowest BCUT2D eigenvalue weighted by Crippen LogP contribution is -2.30. The minimum Gasteiger partial charge on any atom is -0.290 e. The average Bonchev–Trinajstić information content (AvgIpc) is 2.08. The monoisotopic (exact) mass is 188 g/mol. The summed E-state index contributed by atoms with van der Waals surface area (Å²) in [5, 5.41) is 0.166. The zero-order valence-electron chi connectivity index (χ0n) is 5.97. The predicted octanol–water partition coefficient (Wildman–Crippen LogP) is 1.08. The summed E-state index contributed by atoms with van der Waals surface area (Å²) in [5.41, 5.74) is 1.89. The summed E-state index contributed by atoms with van der Waals surface area (Å²) in [6.07, 6.45) is 0. The molecule has 5 heteroatoms. The second-order valence-corrected chi connectivity index (χ2v) is 2.50. The fraction of sp³-hybridized carbons (Fsp3) is 0. The Balaban J connectivity index is 3.13. The molecule has 0 aliphatic rings. The summed E-state index contributed by atoms with van der Waals surface area (Å²) in [6.45, 7) is 0. The number of rotatable bonds is 1. The first-order valence-corrected chi connectivity index (χ1v) is 3.49. The average molecular weight is 189 g/mol. The van der Waals surface area contributed by atoms with Gasteiger partial charge in [0.25, 0.3) is 5.91 Å². The molecule has 1 aromatic rings. The number of benzene rings is 1. The van der Waals surface area contributed by atoms with Crippen LogP contribution >= 0.6 is 11.6 Å². The number of nitrogens with one attached hydrogen (secondary N) is 1. The van der Waals surface area contributed by atoms with Crippen molar-refractivity contribution in [3.8, 4) is 0 Å². The summed E-state index contributed by atoms with van der Waals surface area (Å²) >= 11 is 5.59. The first-order chi connectivity index (χ1) is 5.65. The van der Waals surface area contributed by atoms with Crippen LogP contribution in [0.5, 0.6) is 0 Å². The van der Waals surface area contributed by atoms with Crippen LogP contribution in [-0.2, 0) is 0 Å². The first kappa shape index (κ1) is 8.96. The summed E-state index contributed by atoms with van der Waals surface area (Å²) in [6, 6.07) is 3.47. The molecule has 0 saturated carbocycles. The molecule has 12 heavy (non-hydrogen) atoms. The van der Waals surface area contributed by atoms with Gasteiger partial charge >= 0.3 is 0 Å². The van der Waals surface area contributed by atoms with Gasteiger partial charge in [-0.1, -0.05) is 11.6 Å². The third-order valence-electron chi connectivity index (χ3n) is 1.30. The lowest BCUT2D eigenvalue weighted by Gasteiger charge is -2.01. The molecule has 64 valence electrons. The number of hydrazine groups is 1. The van der Waals surface area contributed by atoms with Crippen molar-refractivity contribution < 1.29 is 9.18 Å². The molecule has 0 atom stereocenters. The molecule has 0 spiro atoms. The van der Waals surface area contributed by atoms with Crippen molar-refractivity contribution >= 4 is 17.5 Å². The Labute approximate surface area is 73.3 Å². The van der Waals surface area contributed by atoms with Gasteiger partial charge in [0.1, 0.15) is 5.82 Å². The van der Waals surface area contributed by atoms with Crippen LogP contribution in [-0.4, -0.2) is 5.91 Å². The molecular formula is C7H6ClFN2O. The maximum Gasteiger partial charge on any atom is 0.266 e. The van der Waals surface area contributed by atoms with Crippen molar-refractivity contribution in [3.63, 3.8) is 0 Å². The van der Waals surface area contributed by atoms with E-state index in [0.717, 1.165) is 12.1 Å². The van der Waals surface area contributed by atoms with E-state index in [1.54, 1.807) is 0 Å². The van der Waals surface area contributed by atoms with Gasteiger partial charge in [0.05, 0.1) is 10.6 Å². The Hall–Kier alpha value is -1.13. The summed E-state index contributed by atoms with van der Waals surface area (Å²) < 4.78 is 12.6. The molecule has 1 rings (SSSR count). The second-order valence-electron chi connectivity index (χ2n) is 2.10. The van der Waals surface area contributed by atoms with Crippen molar-refractivity contribution in [2.24, 2.45) is 5.84 Å². The van der Waals surface area contributed by atoms with Crippen LogP contribution in [0.15, 0.2) is 18.2 Å². The van der Waals surface area contributed by atoms with Gasteiger partial charge in [0, 0.05) is 0 Å². The van der Waals surface area contributed by atoms with Gasteiger partial charge in [-0.3, -0.25) is 10.2 Å². The van der Waals surface area contributed by atoms with E-state index < -0.39 is 11.7 Å². The topological polar surface area (TPSA) is 55.1 Å².